The van der Waals surface area contributed by atoms with E-state index in [1.54, 1.807) is 0 Å². The van der Waals surface area contributed by atoms with Gasteiger partial charge in [-0.2, -0.15) is 0 Å². The fourth-order valence-electron chi connectivity index (χ4n) is 1.55. The van der Waals surface area contributed by atoms with Crippen molar-refractivity contribution in [3.63, 3.8) is 0 Å². The molecule has 0 heterocycles. The van der Waals surface area contributed by atoms with Gasteiger partial charge < -0.3 is 0 Å². The average molecular weight is 320 g/mol. The van der Waals surface area contributed by atoms with Crippen LogP contribution in [0.3, 0.4) is 0 Å². The molecule has 0 aliphatic heterocycles. The van der Waals surface area contributed by atoms with Gasteiger partial charge in [0, 0.05) is 0 Å². The van der Waals surface area contributed by atoms with Gasteiger partial charge in [-0.15, -0.1) is 0 Å². The van der Waals surface area contributed by atoms with Gasteiger partial charge in [0.1, 0.15) is 0 Å². The molecule has 0 fully saturated rings. The monoisotopic (exact) mass is 320 g/mol. The summed E-state index contributed by atoms with van der Waals surface area (Å²) in [6, 6.07) is 0. The summed E-state index contributed by atoms with van der Waals surface area (Å²) in [6.45, 7) is 4.45. The molecule has 0 aliphatic carbocycles. The maximum absolute atomic E-state index is 6.38. The Labute approximate surface area is 107 Å². The second kappa shape index (κ2) is 10.3. The molecule has 0 aromatic heterocycles. The summed E-state index contributed by atoms with van der Waals surface area (Å²) in [7, 11) is 12.8. The summed E-state index contributed by atoms with van der Waals surface area (Å²) in [6.07, 6.45) is 10.4. The van der Waals surface area contributed by atoms with E-state index in [4.69, 9.17) is 20.2 Å². The first kappa shape index (κ1) is 16.1. The third kappa shape index (κ3) is 11.4. The van der Waals surface area contributed by atoms with Crippen LogP contribution in [0.2, 0.25) is 10.6 Å². The molecule has 0 amide bonds. The molecule has 0 atom stereocenters. The molecule has 0 N–H and O–H groups in total. The molecule has 0 radical (unpaired) electrons. The minimum absolute atomic E-state index is 1.10. The molecule has 0 aliphatic rings. The van der Waals surface area contributed by atoms with Gasteiger partial charge in [-0.1, -0.05) is 0 Å². The Hall–Kier alpha value is 1.10. The van der Waals surface area contributed by atoms with Crippen LogP contribution < -0.4 is 0 Å². The second-order valence-electron chi connectivity index (χ2n) is 4.23. The molecule has 0 bridgehead atoms. The van der Waals surface area contributed by atoms with Crippen LogP contribution in [0.25, 0.3) is 0 Å². The van der Waals surface area contributed by atoms with Gasteiger partial charge in [-0.3, -0.25) is 0 Å². The zero-order chi connectivity index (χ0) is 11.6. The van der Waals surface area contributed by atoms with Crippen LogP contribution in [0, 0.1) is 0 Å². The predicted molar refractivity (Wildman–Crippen MR) is 75.4 cm³/mol. The van der Waals surface area contributed by atoms with E-state index < -0.39 is 11.0 Å². The van der Waals surface area contributed by atoms with E-state index in [1.807, 2.05) is 0 Å². The van der Waals surface area contributed by atoms with Gasteiger partial charge in [0.15, 0.2) is 0 Å². The van der Waals surface area contributed by atoms with Crippen LogP contribution in [-0.2, 0) is 0 Å². The van der Waals surface area contributed by atoms with E-state index >= 15 is 0 Å². The summed E-state index contributed by atoms with van der Waals surface area (Å²) >= 11 is -2.02. The summed E-state index contributed by atoms with van der Waals surface area (Å²) in [5.41, 5.74) is 0. The van der Waals surface area contributed by atoms with Gasteiger partial charge in [0.25, 0.3) is 0 Å². The molecular formula is C12H26Cl2Se. The van der Waals surface area contributed by atoms with E-state index in [9.17, 15) is 0 Å². The molecule has 0 nitrogen and oxygen atoms in total. The number of halogens is 2. The summed E-state index contributed by atoms with van der Waals surface area (Å²) in [5.74, 6) is 0. The second-order valence-corrected chi connectivity index (χ2v) is 15.8. The fraction of sp³-hybridized carbons (Fsp3) is 1.00. The summed E-state index contributed by atoms with van der Waals surface area (Å²) in [5, 5.41) is 2.22. The Morgan fingerprint density at radius 1 is 0.667 bits per heavy atom. The van der Waals surface area contributed by atoms with Gasteiger partial charge in [-0.05, 0) is 0 Å². The number of hydrogen-bond acceptors (Lipinski definition) is 0. The van der Waals surface area contributed by atoms with Crippen molar-refractivity contribution in [2.24, 2.45) is 0 Å². The quantitative estimate of drug-likeness (QED) is 0.339. The van der Waals surface area contributed by atoms with Crippen molar-refractivity contribution in [3.8, 4) is 0 Å². The first-order valence-electron chi connectivity index (χ1n) is 6.30. The Kier molecular flexibility index (Phi) is 11.0. The van der Waals surface area contributed by atoms with E-state index in [2.05, 4.69) is 13.8 Å². The topological polar surface area (TPSA) is 0 Å². The number of rotatable bonds is 10. The van der Waals surface area contributed by atoms with Gasteiger partial charge in [-0.25, -0.2) is 0 Å². The van der Waals surface area contributed by atoms with Crippen molar-refractivity contribution in [1.29, 1.82) is 0 Å². The van der Waals surface area contributed by atoms with Crippen molar-refractivity contribution >= 4 is 31.2 Å². The average Bonchev–Trinajstić information content (AvgIpc) is 2.20. The molecular weight excluding hydrogens is 294 g/mol. The fourth-order valence-corrected chi connectivity index (χ4v) is 7.05. The third-order valence-corrected chi connectivity index (χ3v) is 9.52. The zero-order valence-corrected chi connectivity index (χ0v) is 13.5. The molecule has 0 unspecified atom stereocenters. The summed E-state index contributed by atoms with van der Waals surface area (Å²) < 4.78 is 0. The Morgan fingerprint density at radius 2 is 1.13 bits per heavy atom. The van der Waals surface area contributed by atoms with Crippen molar-refractivity contribution < 1.29 is 0 Å². The molecule has 15 heavy (non-hydrogen) atoms. The molecule has 94 valence electrons. The van der Waals surface area contributed by atoms with Crippen LogP contribution in [0.4, 0.5) is 0 Å². The van der Waals surface area contributed by atoms with E-state index in [-0.39, 0.29) is 0 Å². The van der Waals surface area contributed by atoms with Crippen molar-refractivity contribution in [2.75, 3.05) is 0 Å². The number of unbranched alkanes of at least 4 members (excludes halogenated alkanes) is 6. The molecule has 3 heteroatoms. The van der Waals surface area contributed by atoms with Crippen molar-refractivity contribution in [2.45, 2.75) is 75.9 Å². The van der Waals surface area contributed by atoms with Crippen LogP contribution in [0.15, 0.2) is 0 Å². The van der Waals surface area contributed by atoms with Gasteiger partial charge in [0.2, 0.25) is 0 Å². The maximum atomic E-state index is 6.38. The SMILES string of the molecule is CCCCCCCC[Se](Cl)(Cl)CCCC. The third-order valence-electron chi connectivity index (χ3n) is 2.59. The van der Waals surface area contributed by atoms with Crippen molar-refractivity contribution in [1.82, 2.24) is 0 Å². The van der Waals surface area contributed by atoms with Crippen LogP contribution in [0.5, 0.6) is 0 Å². The first-order valence-corrected chi connectivity index (χ1v) is 13.2. The standard InChI is InChI=1S/C12H26Cl2Se/c1-3-5-7-8-9-10-12-15(13,14)11-6-4-2/h3-12H2,1-2H3. The normalized spacial score (nSPS) is 13.1. The van der Waals surface area contributed by atoms with Gasteiger partial charge >= 0.3 is 107 Å². The molecule has 0 rings (SSSR count). The molecule has 0 aromatic carbocycles. The Morgan fingerprint density at radius 3 is 1.73 bits per heavy atom. The minimum atomic E-state index is -2.02. The molecule has 0 aromatic rings. The molecule has 0 spiro atoms. The van der Waals surface area contributed by atoms with E-state index in [1.165, 1.54) is 51.4 Å². The Balaban J connectivity index is 3.32. The Bertz CT molecular complexity index is 138. The van der Waals surface area contributed by atoms with Crippen molar-refractivity contribution in [3.05, 3.63) is 0 Å². The van der Waals surface area contributed by atoms with E-state index in [0.717, 1.165) is 10.6 Å². The van der Waals surface area contributed by atoms with Crippen LogP contribution in [-0.4, -0.2) is 11.0 Å². The molecule has 0 saturated heterocycles. The predicted octanol–water partition coefficient (Wildman–Crippen LogP) is 6.07. The van der Waals surface area contributed by atoms with Crippen LogP contribution in [0.1, 0.15) is 65.2 Å². The molecule has 0 saturated carbocycles. The first-order chi connectivity index (χ1) is 7.12. The van der Waals surface area contributed by atoms with E-state index in [0.29, 0.717) is 0 Å². The summed E-state index contributed by atoms with van der Waals surface area (Å²) in [4.78, 5) is 0. The number of hydrogen-bond donors (Lipinski definition) is 0. The van der Waals surface area contributed by atoms with Gasteiger partial charge in [0.05, 0.1) is 0 Å². The zero-order valence-electron chi connectivity index (χ0n) is 10.2. The van der Waals surface area contributed by atoms with Crippen LogP contribution >= 0.6 is 20.2 Å².